The van der Waals surface area contributed by atoms with Crippen molar-refractivity contribution in [3.63, 3.8) is 0 Å². The molecule has 0 amide bonds. The molecular weight excluding hydrogens is 328 g/mol. The van der Waals surface area contributed by atoms with Gasteiger partial charge in [0.05, 0.1) is 0 Å². The van der Waals surface area contributed by atoms with Crippen LogP contribution in [-0.4, -0.2) is 54.6 Å². The number of rotatable bonds is 7. The van der Waals surface area contributed by atoms with E-state index in [1.54, 1.807) is 0 Å². The van der Waals surface area contributed by atoms with E-state index < -0.39 is 7.58 Å². The van der Waals surface area contributed by atoms with Crippen LogP contribution < -0.4 is 9.79 Å². The van der Waals surface area contributed by atoms with Crippen LogP contribution in [0.25, 0.3) is 0 Å². The van der Waals surface area contributed by atoms with Crippen LogP contribution in [0, 0.1) is 5.92 Å². The third kappa shape index (κ3) is 12.2. The zero-order chi connectivity index (χ0) is 9.40. The summed E-state index contributed by atoms with van der Waals surface area (Å²) in [4.78, 5) is 20.6. The van der Waals surface area contributed by atoms with E-state index in [0.717, 1.165) is 23.6 Å². The standard InChI is InChI=1S/C8H17O2PS.Ba/c1-3-5-6-8(4-2)7-12-11(9)10;/h8H,3-7H2,1-2H3;/q-2;+2. The van der Waals surface area contributed by atoms with Crippen LogP contribution in [0.5, 0.6) is 0 Å². The monoisotopic (exact) mass is 346 g/mol. The quantitative estimate of drug-likeness (QED) is 0.519. The molecule has 0 fully saturated rings. The first-order valence-corrected chi connectivity index (χ1v) is 7.24. The Hall–Kier alpha value is 2.27. The molecule has 0 bridgehead atoms. The Morgan fingerprint density at radius 2 is 1.92 bits per heavy atom. The molecule has 0 spiro atoms. The molecule has 0 aliphatic heterocycles. The van der Waals surface area contributed by atoms with Crippen LogP contribution in [0.3, 0.4) is 0 Å². The largest absolute Gasteiger partial charge is 2.00 e. The topological polar surface area (TPSA) is 46.1 Å². The van der Waals surface area contributed by atoms with Crippen molar-refractivity contribution in [2.24, 2.45) is 5.92 Å². The summed E-state index contributed by atoms with van der Waals surface area (Å²) in [5.74, 6) is 1.36. The molecule has 2 nitrogen and oxygen atoms in total. The van der Waals surface area contributed by atoms with Gasteiger partial charge in [-0.15, -0.1) is 0 Å². The van der Waals surface area contributed by atoms with Crippen LogP contribution in [0.4, 0.5) is 0 Å². The van der Waals surface area contributed by atoms with Crippen LogP contribution in [0.1, 0.15) is 39.5 Å². The molecule has 0 aromatic heterocycles. The van der Waals surface area contributed by atoms with Gasteiger partial charge in [-0.3, -0.25) is 0 Å². The maximum absolute atomic E-state index is 10.3. The van der Waals surface area contributed by atoms with Crippen molar-refractivity contribution in [1.82, 2.24) is 0 Å². The first-order chi connectivity index (χ1) is 5.70. The van der Waals surface area contributed by atoms with E-state index in [1.165, 1.54) is 19.3 Å². The summed E-state index contributed by atoms with van der Waals surface area (Å²) in [6, 6.07) is 0. The normalized spacial score (nSPS) is 12.7. The minimum atomic E-state index is -2.24. The molecule has 0 N–H and O–H groups in total. The Kier molecular flexibility index (Phi) is 16.8. The van der Waals surface area contributed by atoms with E-state index in [-0.39, 0.29) is 48.9 Å². The molecule has 0 heterocycles. The second-order valence-electron chi connectivity index (χ2n) is 2.94. The van der Waals surface area contributed by atoms with E-state index in [1.807, 2.05) is 0 Å². The molecule has 0 radical (unpaired) electrons. The van der Waals surface area contributed by atoms with Gasteiger partial charge in [0.2, 0.25) is 0 Å². The van der Waals surface area contributed by atoms with Crippen molar-refractivity contribution in [2.45, 2.75) is 39.5 Å². The van der Waals surface area contributed by atoms with Crippen molar-refractivity contribution in [1.29, 1.82) is 0 Å². The van der Waals surface area contributed by atoms with Gasteiger partial charge in [0.15, 0.2) is 0 Å². The van der Waals surface area contributed by atoms with E-state index in [2.05, 4.69) is 13.8 Å². The molecule has 1 unspecified atom stereocenters. The number of hydrogen-bond donors (Lipinski definition) is 0. The predicted octanol–water partition coefficient (Wildman–Crippen LogP) is 1.50. The third-order valence-electron chi connectivity index (χ3n) is 1.96. The summed E-state index contributed by atoms with van der Waals surface area (Å²) >= 11 is 1.07. The van der Waals surface area contributed by atoms with Gasteiger partial charge in [-0.25, -0.2) is 7.58 Å². The van der Waals surface area contributed by atoms with Crippen molar-refractivity contribution < 1.29 is 9.79 Å². The fraction of sp³-hybridized carbons (Fsp3) is 1.00. The summed E-state index contributed by atoms with van der Waals surface area (Å²) in [5, 5.41) is 0. The summed E-state index contributed by atoms with van der Waals surface area (Å²) < 4.78 is 0. The second-order valence-corrected chi connectivity index (χ2v) is 5.64. The summed E-state index contributed by atoms with van der Waals surface area (Å²) in [6.07, 6.45) is 4.68. The smallest absolute Gasteiger partial charge is 0.834 e. The molecule has 74 valence electrons. The Morgan fingerprint density at radius 1 is 1.31 bits per heavy atom. The third-order valence-corrected chi connectivity index (χ3v) is 3.87. The summed E-state index contributed by atoms with van der Waals surface area (Å²) in [7, 11) is -2.24. The number of unbranched alkanes of at least 4 members (excludes halogenated alkanes) is 1. The fourth-order valence-corrected chi connectivity index (χ4v) is 2.80. The molecule has 13 heavy (non-hydrogen) atoms. The van der Waals surface area contributed by atoms with Crippen molar-refractivity contribution in [3.05, 3.63) is 0 Å². The van der Waals surface area contributed by atoms with E-state index >= 15 is 0 Å². The minimum Gasteiger partial charge on any atom is -0.834 e. The summed E-state index contributed by atoms with van der Waals surface area (Å²) in [6.45, 7) is 4.28. The molecular formula is C8H17BaO2PS. The van der Waals surface area contributed by atoms with Gasteiger partial charge in [-0.05, 0) is 18.1 Å². The van der Waals surface area contributed by atoms with Crippen molar-refractivity contribution in [3.8, 4) is 0 Å². The predicted molar refractivity (Wildman–Crippen MR) is 58.4 cm³/mol. The Morgan fingerprint density at radius 3 is 2.31 bits per heavy atom. The summed E-state index contributed by atoms with van der Waals surface area (Å²) in [5.41, 5.74) is 0. The molecule has 0 aliphatic carbocycles. The second kappa shape index (κ2) is 12.3. The molecule has 0 saturated heterocycles. The van der Waals surface area contributed by atoms with E-state index in [4.69, 9.17) is 0 Å². The van der Waals surface area contributed by atoms with Crippen LogP contribution in [-0.2, 0) is 0 Å². The van der Waals surface area contributed by atoms with Crippen molar-refractivity contribution in [2.75, 3.05) is 5.75 Å². The van der Waals surface area contributed by atoms with Gasteiger partial charge >= 0.3 is 48.9 Å². The van der Waals surface area contributed by atoms with Gasteiger partial charge in [0.1, 0.15) is 0 Å². The van der Waals surface area contributed by atoms with Crippen LogP contribution in [0.15, 0.2) is 0 Å². The Balaban J connectivity index is 0. The SMILES string of the molecule is CCCCC(CC)CSP([O-])[O-].[Ba+2]. The molecule has 1 atom stereocenters. The van der Waals surface area contributed by atoms with Crippen LogP contribution in [0.2, 0.25) is 0 Å². The number of hydrogen-bond acceptors (Lipinski definition) is 3. The van der Waals surface area contributed by atoms with Gasteiger partial charge < -0.3 is 9.79 Å². The Labute approximate surface area is 127 Å². The first-order valence-electron chi connectivity index (χ1n) is 4.48. The molecule has 0 aromatic rings. The first kappa shape index (κ1) is 17.7. The maximum Gasteiger partial charge on any atom is 2.00 e. The average molecular weight is 346 g/mol. The molecule has 0 aliphatic rings. The van der Waals surface area contributed by atoms with Gasteiger partial charge in [0, 0.05) is 0 Å². The zero-order valence-electron chi connectivity index (χ0n) is 8.49. The van der Waals surface area contributed by atoms with Crippen LogP contribution >= 0.6 is 19.0 Å². The molecule has 0 aromatic carbocycles. The fourth-order valence-electron chi connectivity index (χ4n) is 1.06. The Bertz CT molecular complexity index is 106. The van der Waals surface area contributed by atoms with E-state index in [9.17, 15) is 9.79 Å². The molecule has 5 heteroatoms. The van der Waals surface area contributed by atoms with Crippen molar-refractivity contribution >= 4 is 67.8 Å². The molecule has 0 rings (SSSR count). The minimum absolute atomic E-state index is 0. The van der Waals surface area contributed by atoms with E-state index in [0.29, 0.717) is 5.92 Å². The average Bonchev–Trinajstić information content (AvgIpc) is 2.05. The maximum atomic E-state index is 10.3. The molecule has 0 saturated carbocycles. The zero-order valence-corrected chi connectivity index (χ0v) is 14.6. The van der Waals surface area contributed by atoms with Gasteiger partial charge in [-0.1, -0.05) is 33.1 Å². The van der Waals surface area contributed by atoms with Gasteiger partial charge in [-0.2, -0.15) is 11.4 Å². The van der Waals surface area contributed by atoms with Gasteiger partial charge in [0.25, 0.3) is 0 Å².